The molecule has 1 N–H and O–H groups in total. The monoisotopic (exact) mass is 951 g/mol. The van der Waals surface area contributed by atoms with Crippen LogP contribution < -0.4 is 0 Å². The van der Waals surface area contributed by atoms with Crippen LogP contribution in [-0.4, -0.2) is 74.9 Å². The van der Waals surface area contributed by atoms with Crippen molar-refractivity contribution in [1.29, 1.82) is 0 Å². The van der Waals surface area contributed by atoms with Gasteiger partial charge >= 0.3 is 19.8 Å². The Hall–Kier alpha value is -2.43. The van der Waals surface area contributed by atoms with Crippen molar-refractivity contribution in [2.24, 2.45) is 0 Å². The second kappa shape index (κ2) is 34.8. The highest BCUT2D eigenvalue weighted by atomic mass is 31.2. The van der Waals surface area contributed by atoms with Gasteiger partial charge in [-0.15, -0.1) is 0 Å². The van der Waals surface area contributed by atoms with Gasteiger partial charge in [-0.1, -0.05) is 129 Å². The zero-order valence-electron chi connectivity index (χ0n) is 43.6. The van der Waals surface area contributed by atoms with Crippen LogP contribution in [-0.2, 0) is 58.4 Å². The fourth-order valence-corrected chi connectivity index (χ4v) is 9.06. The van der Waals surface area contributed by atoms with Crippen LogP contribution in [0, 0.1) is 27.7 Å². The summed E-state index contributed by atoms with van der Waals surface area (Å²) in [5, 5.41) is 0. The lowest BCUT2D eigenvalue weighted by atomic mass is 10.0. The molecule has 2 atom stereocenters. The van der Waals surface area contributed by atoms with Crippen molar-refractivity contribution >= 4 is 19.8 Å². The molecule has 11 nitrogen and oxygen atoms in total. The SMILES string of the molecule is CCCCCc1oc(CCCCCCCCCCCCC(=O)OC(COC(=O)CCCCCCCCCCc2oc(CCCCC)c(C)c2C)COP(=O)(O)OCC[N+](C)(C)C)c(C)c1C. The number of unbranched alkanes of at least 4 members (excludes halogenated alkanes) is 20. The van der Waals surface area contributed by atoms with Crippen LogP contribution >= 0.6 is 7.82 Å². The molecule has 0 radical (unpaired) electrons. The quantitative estimate of drug-likeness (QED) is 0.0297. The Labute approximate surface area is 402 Å². The largest absolute Gasteiger partial charge is 0.472 e. The molecule has 2 rings (SSSR count). The Morgan fingerprint density at radius 3 is 1.24 bits per heavy atom. The number of esters is 2. The number of aryl methyl sites for hydroxylation is 4. The van der Waals surface area contributed by atoms with Crippen molar-refractivity contribution in [3.8, 4) is 0 Å². The van der Waals surface area contributed by atoms with E-state index in [1.54, 1.807) is 0 Å². The van der Waals surface area contributed by atoms with E-state index in [0.29, 0.717) is 17.4 Å². The maximum Gasteiger partial charge on any atom is 0.472 e. The van der Waals surface area contributed by atoms with Gasteiger partial charge in [0.25, 0.3) is 0 Å². The standard InChI is InChI=1S/C54H96NO10P/c1-10-12-28-34-49-44(3)46(5)51(64-49)36-30-24-20-16-14-15-17-23-27-33-39-54(57)63-48(43-62-66(58,59)61-41-40-55(7,8)9)42-60-53(56)38-32-26-22-19-18-21-25-31-37-52-47(6)45(4)50(65-52)35-29-13-11-2/h48H,10-43H2,1-9H3/p+1. The van der Waals surface area contributed by atoms with Crippen molar-refractivity contribution in [2.45, 2.75) is 240 Å². The van der Waals surface area contributed by atoms with E-state index in [1.807, 2.05) is 21.1 Å². The molecule has 0 aliphatic carbocycles. The van der Waals surface area contributed by atoms with Gasteiger partial charge in [0.05, 0.1) is 27.7 Å². The van der Waals surface area contributed by atoms with Gasteiger partial charge in [0, 0.05) is 38.5 Å². The van der Waals surface area contributed by atoms with Gasteiger partial charge in [0.1, 0.15) is 42.8 Å². The molecule has 66 heavy (non-hydrogen) atoms. The third-order valence-corrected chi connectivity index (χ3v) is 14.0. The number of hydrogen-bond donors (Lipinski definition) is 1. The van der Waals surface area contributed by atoms with Crippen LogP contribution in [0.2, 0.25) is 0 Å². The van der Waals surface area contributed by atoms with Gasteiger partial charge in [0.2, 0.25) is 0 Å². The molecule has 2 aromatic rings. The summed E-state index contributed by atoms with van der Waals surface area (Å²) in [6, 6.07) is 0. The molecule has 0 saturated heterocycles. The number of carbonyl (C=O) groups is 2. The molecule has 0 spiro atoms. The van der Waals surface area contributed by atoms with Crippen LogP contribution in [0.5, 0.6) is 0 Å². The van der Waals surface area contributed by atoms with E-state index in [-0.39, 0.29) is 32.0 Å². The molecule has 0 aliphatic heterocycles. The number of phosphoric acid groups is 1. The van der Waals surface area contributed by atoms with Crippen LogP contribution in [0.15, 0.2) is 8.83 Å². The van der Waals surface area contributed by atoms with E-state index >= 15 is 0 Å². The summed E-state index contributed by atoms with van der Waals surface area (Å²) in [4.78, 5) is 35.8. The maximum atomic E-state index is 12.8. The molecule has 12 heteroatoms. The summed E-state index contributed by atoms with van der Waals surface area (Å²) in [6.07, 6.45) is 30.6. The number of rotatable bonds is 42. The first-order valence-electron chi connectivity index (χ1n) is 26.5. The molecule has 2 unspecified atom stereocenters. The third-order valence-electron chi connectivity index (χ3n) is 13.0. The lowest BCUT2D eigenvalue weighted by molar-refractivity contribution is -0.870. The van der Waals surface area contributed by atoms with Gasteiger partial charge in [-0.25, -0.2) is 4.57 Å². The highest BCUT2D eigenvalue weighted by molar-refractivity contribution is 7.47. The predicted molar refractivity (Wildman–Crippen MR) is 268 cm³/mol. The average Bonchev–Trinajstić information content (AvgIpc) is 3.69. The van der Waals surface area contributed by atoms with Gasteiger partial charge in [0.15, 0.2) is 6.10 Å². The summed E-state index contributed by atoms with van der Waals surface area (Å²) >= 11 is 0. The average molecular weight is 951 g/mol. The highest BCUT2D eigenvalue weighted by Crippen LogP contribution is 2.43. The van der Waals surface area contributed by atoms with Crippen molar-refractivity contribution < 1.29 is 50.9 Å². The summed E-state index contributed by atoms with van der Waals surface area (Å²) < 4.78 is 47.1. The second-order valence-corrected chi connectivity index (χ2v) is 21.5. The minimum absolute atomic E-state index is 0.0218. The Balaban J connectivity index is 1.61. The number of phosphoric ester groups is 1. The number of nitrogens with zero attached hydrogens (tertiary/aromatic N) is 1. The van der Waals surface area contributed by atoms with Gasteiger partial charge in [-0.2, -0.15) is 0 Å². The summed E-state index contributed by atoms with van der Waals surface area (Å²) in [5.41, 5.74) is 5.36. The number of quaternary nitrogens is 1. The second-order valence-electron chi connectivity index (χ2n) is 20.1. The minimum atomic E-state index is -4.40. The third kappa shape index (κ3) is 27.5. The Morgan fingerprint density at radius 2 is 0.864 bits per heavy atom. The number of carbonyl (C=O) groups excluding carboxylic acids is 2. The number of furan rings is 2. The zero-order valence-corrected chi connectivity index (χ0v) is 44.5. The van der Waals surface area contributed by atoms with E-state index in [9.17, 15) is 19.0 Å². The molecule has 2 aromatic heterocycles. The fourth-order valence-electron chi connectivity index (χ4n) is 8.31. The number of likely N-dealkylation sites (N-methyl/N-ethyl adjacent to an activating group) is 1. The molecular formula is C54H97NO10P+. The molecule has 0 aromatic carbocycles. The Kier molecular flexibility index (Phi) is 31.5. The predicted octanol–water partition coefficient (Wildman–Crippen LogP) is 14.5. The lowest BCUT2D eigenvalue weighted by Gasteiger charge is -2.24. The van der Waals surface area contributed by atoms with E-state index < -0.39 is 26.5 Å². The zero-order chi connectivity index (χ0) is 48.6. The molecule has 0 aliphatic rings. The Bertz CT molecular complexity index is 1640. The van der Waals surface area contributed by atoms with Gasteiger partial charge < -0.3 is 27.7 Å². The minimum Gasteiger partial charge on any atom is -0.466 e. The molecule has 0 bridgehead atoms. The molecule has 0 amide bonds. The van der Waals surface area contributed by atoms with E-state index in [4.69, 9.17) is 27.4 Å². The molecule has 0 saturated carbocycles. The fraction of sp³-hybridized carbons (Fsp3) is 0.815. The highest BCUT2D eigenvalue weighted by Gasteiger charge is 2.27. The van der Waals surface area contributed by atoms with Gasteiger partial charge in [-0.05, 0) is 88.5 Å². The first kappa shape index (κ1) is 59.7. The van der Waals surface area contributed by atoms with Crippen molar-refractivity contribution in [1.82, 2.24) is 0 Å². The summed E-state index contributed by atoms with van der Waals surface area (Å²) in [5.74, 6) is 3.89. The summed E-state index contributed by atoms with van der Waals surface area (Å²) in [7, 11) is 1.45. The normalized spacial score (nSPS) is 13.3. The topological polar surface area (TPSA) is 135 Å². The first-order valence-corrected chi connectivity index (χ1v) is 28.0. The number of ether oxygens (including phenoxy) is 2. The summed E-state index contributed by atoms with van der Waals surface area (Å²) in [6.45, 7) is 13.1. The van der Waals surface area contributed by atoms with Crippen LogP contribution in [0.3, 0.4) is 0 Å². The molecular weight excluding hydrogens is 854 g/mol. The molecule has 2 heterocycles. The van der Waals surface area contributed by atoms with Crippen molar-refractivity contribution in [3.63, 3.8) is 0 Å². The van der Waals surface area contributed by atoms with Crippen molar-refractivity contribution in [3.05, 3.63) is 45.3 Å². The van der Waals surface area contributed by atoms with Crippen LogP contribution in [0.25, 0.3) is 0 Å². The number of hydrogen-bond acceptors (Lipinski definition) is 9. The van der Waals surface area contributed by atoms with Gasteiger partial charge in [-0.3, -0.25) is 18.6 Å². The van der Waals surface area contributed by atoms with Crippen molar-refractivity contribution in [2.75, 3.05) is 47.5 Å². The lowest BCUT2D eigenvalue weighted by Crippen LogP contribution is -2.37. The van der Waals surface area contributed by atoms with Crippen LogP contribution in [0.4, 0.5) is 0 Å². The molecule has 0 fully saturated rings. The maximum absolute atomic E-state index is 12.8. The Morgan fingerprint density at radius 1 is 0.515 bits per heavy atom. The molecule has 382 valence electrons. The van der Waals surface area contributed by atoms with E-state index in [1.165, 1.54) is 142 Å². The smallest absolute Gasteiger partial charge is 0.466 e. The first-order chi connectivity index (χ1) is 31.6. The van der Waals surface area contributed by atoms with E-state index in [0.717, 1.165) is 77.0 Å². The van der Waals surface area contributed by atoms with Crippen LogP contribution in [0.1, 0.15) is 226 Å². The van der Waals surface area contributed by atoms with E-state index in [2.05, 4.69) is 41.5 Å².